The molecule has 124 valence electrons. The second-order valence-electron chi connectivity index (χ2n) is 5.24. The van der Waals surface area contributed by atoms with E-state index < -0.39 is 6.17 Å². The first-order valence-corrected chi connectivity index (χ1v) is 7.95. The first-order chi connectivity index (χ1) is 11.5. The summed E-state index contributed by atoms with van der Waals surface area (Å²) >= 11 is 12.2. The summed E-state index contributed by atoms with van der Waals surface area (Å²) in [6.07, 6.45) is -0.750. The van der Waals surface area contributed by atoms with Gasteiger partial charge in [0.1, 0.15) is 6.54 Å². The van der Waals surface area contributed by atoms with E-state index >= 15 is 0 Å². The van der Waals surface area contributed by atoms with Crippen LogP contribution in [0.25, 0.3) is 0 Å². The van der Waals surface area contributed by atoms with Crippen molar-refractivity contribution >= 4 is 35.0 Å². The Labute approximate surface area is 149 Å². The average molecular weight is 365 g/mol. The molecule has 1 aliphatic heterocycles. The number of hydrogen-bond acceptors (Lipinski definition) is 3. The van der Waals surface area contributed by atoms with Gasteiger partial charge in [0.25, 0.3) is 11.8 Å². The molecule has 1 atom stereocenters. The summed E-state index contributed by atoms with van der Waals surface area (Å²) in [5.74, 6) is -0.600. The molecule has 2 aromatic rings. The molecule has 0 bridgehead atoms. The molecule has 7 heteroatoms. The summed E-state index contributed by atoms with van der Waals surface area (Å²) in [5, 5.41) is 1.98. The van der Waals surface area contributed by atoms with Crippen LogP contribution < -0.4 is 0 Å². The largest absolute Gasteiger partial charge is 0.302 e. The summed E-state index contributed by atoms with van der Waals surface area (Å²) in [6.45, 7) is -0.0921. The number of rotatable bonds is 3. The zero-order valence-electron chi connectivity index (χ0n) is 12.8. The smallest absolute Gasteiger partial charge is 0.268 e. The summed E-state index contributed by atoms with van der Waals surface area (Å²) in [5.41, 5.74) is 1.05. The Bertz CT molecular complexity index is 783. The molecule has 24 heavy (non-hydrogen) atoms. The van der Waals surface area contributed by atoms with E-state index in [-0.39, 0.29) is 18.4 Å². The van der Waals surface area contributed by atoms with Crippen LogP contribution in [0, 0.1) is 0 Å². The van der Waals surface area contributed by atoms with Crippen LogP contribution in [0.15, 0.2) is 48.5 Å². The SMILES string of the molecule is CON1C(=O)CN(C(=O)c2ccccc2)[C@@H]1c1ccc(Cl)cc1Cl. The van der Waals surface area contributed by atoms with E-state index in [1.54, 1.807) is 42.5 Å². The number of benzene rings is 2. The van der Waals surface area contributed by atoms with Gasteiger partial charge in [-0.2, -0.15) is 5.06 Å². The van der Waals surface area contributed by atoms with Gasteiger partial charge < -0.3 is 4.90 Å². The standard InChI is InChI=1S/C17H14Cl2N2O3/c1-24-21-15(22)10-20(17(23)11-5-3-2-4-6-11)16(21)13-8-7-12(18)9-14(13)19/h2-9,16H,10H2,1H3/t16-/m0/s1. The maximum Gasteiger partial charge on any atom is 0.268 e. The van der Waals surface area contributed by atoms with Gasteiger partial charge in [-0.15, -0.1) is 0 Å². The Morgan fingerprint density at radius 3 is 2.50 bits per heavy atom. The first kappa shape index (κ1) is 16.8. The molecule has 1 saturated heterocycles. The highest BCUT2D eigenvalue weighted by Gasteiger charge is 2.43. The number of halogens is 2. The maximum atomic E-state index is 12.8. The summed E-state index contributed by atoms with van der Waals surface area (Å²) in [4.78, 5) is 31.7. The number of amides is 2. The third kappa shape index (κ3) is 2.98. The zero-order chi connectivity index (χ0) is 17.3. The van der Waals surface area contributed by atoms with Crippen molar-refractivity contribution in [2.75, 3.05) is 13.7 Å². The zero-order valence-corrected chi connectivity index (χ0v) is 14.3. The van der Waals surface area contributed by atoms with Crippen molar-refractivity contribution < 1.29 is 14.4 Å². The fourth-order valence-electron chi connectivity index (χ4n) is 2.70. The van der Waals surface area contributed by atoms with Crippen LogP contribution in [0.2, 0.25) is 10.0 Å². The monoisotopic (exact) mass is 364 g/mol. The highest BCUT2D eigenvalue weighted by molar-refractivity contribution is 6.35. The fourth-order valence-corrected chi connectivity index (χ4v) is 3.21. The van der Waals surface area contributed by atoms with E-state index in [2.05, 4.69) is 0 Å². The third-order valence-electron chi connectivity index (χ3n) is 3.79. The molecule has 1 aliphatic rings. The van der Waals surface area contributed by atoms with Crippen LogP contribution in [0.1, 0.15) is 22.1 Å². The van der Waals surface area contributed by atoms with Gasteiger partial charge in [-0.25, -0.2) is 0 Å². The molecule has 2 aromatic carbocycles. The average Bonchev–Trinajstić information content (AvgIpc) is 2.91. The molecule has 1 heterocycles. The number of carbonyl (C=O) groups excluding carboxylic acids is 2. The molecule has 3 rings (SSSR count). The molecule has 0 aliphatic carbocycles. The van der Waals surface area contributed by atoms with Crippen molar-refractivity contribution in [2.45, 2.75) is 6.17 Å². The quantitative estimate of drug-likeness (QED) is 0.836. The predicted molar refractivity (Wildman–Crippen MR) is 90.5 cm³/mol. The molecule has 0 spiro atoms. The lowest BCUT2D eigenvalue weighted by atomic mass is 10.1. The van der Waals surface area contributed by atoms with Crippen LogP contribution in [-0.4, -0.2) is 35.4 Å². The van der Waals surface area contributed by atoms with E-state index in [9.17, 15) is 9.59 Å². The minimum Gasteiger partial charge on any atom is -0.302 e. The van der Waals surface area contributed by atoms with Crippen LogP contribution in [0.3, 0.4) is 0 Å². The molecule has 0 unspecified atom stereocenters. The van der Waals surface area contributed by atoms with E-state index in [0.29, 0.717) is 21.2 Å². The number of hydrogen-bond donors (Lipinski definition) is 0. The molecule has 0 N–H and O–H groups in total. The number of carbonyl (C=O) groups is 2. The van der Waals surface area contributed by atoms with Gasteiger partial charge in [0.05, 0.1) is 7.11 Å². The molecule has 0 aromatic heterocycles. The van der Waals surface area contributed by atoms with Gasteiger partial charge in [0.2, 0.25) is 0 Å². The van der Waals surface area contributed by atoms with Gasteiger partial charge in [0, 0.05) is 21.2 Å². The van der Waals surface area contributed by atoms with Gasteiger partial charge >= 0.3 is 0 Å². The van der Waals surface area contributed by atoms with Gasteiger partial charge in [-0.3, -0.25) is 14.4 Å². The molecule has 1 fully saturated rings. The maximum absolute atomic E-state index is 12.8. The number of hydroxylamine groups is 2. The minimum absolute atomic E-state index is 0.0921. The van der Waals surface area contributed by atoms with Crippen molar-refractivity contribution in [3.8, 4) is 0 Å². The Hall–Kier alpha value is -2.08. The Kier molecular flexibility index (Phi) is 4.76. The summed E-state index contributed by atoms with van der Waals surface area (Å²) in [7, 11) is 1.38. The van der Waals surface area contributed by atoms with Gasteiger partial charge in [-0.05, 0) is 24.3 Å². The highest BCUT2D eigenvalue weighted by Crippen LogP contribution is 2.36. The Morgan fingerprint density at radius 2 is 1.88 bits per heavy atom. The normalized spacial score (nSPS) is 17.5. The number of nitrogens with zero attached hydrogens (tertiary/aromatic N) is 2. The Balaban J connectivity index is 2.04. The van der Waals surface area contributed by atoms with Crippen molar-refractivity contribution in [1.82, 2.24) is 9.96 Å². The second-order valence-corrected chi connectivity index (χ2v) is 6.08. The topological polar surface area (TPSA) is 49.9 Å². The predicted octanol–water partition coefficient (Wildman–Crippen LogP) is 3.54. The van der Waals surface area contributed by atoms with Crippen LogP contribution in [-0.2, 0) is 9.63 Å². The minimum atomic E-state index is -0.750. The summed E-state index contributed by atoms with van der Waals surface area (Å²) < 4.78 is 0. The van der Waals surface area contributed by atoms with E-state index in [4.69, 9.17) is 28.0 Å². The highest BCUT2D eigenvalue weighted by atomic mass is 35.5. The lowest BCUT2D eigenvalue weighted by Crippen LogP contribution is -2.35. The molecule has 5 nitrogen and oxygen atoms in total. The van der Waals surface area contributed by atoms with Gasteiger partial charge in [-0.1, -0.05) is 47.5 Å². The van der Waals surface area contributed by atoms with Crippen LogP contribution >= 0.6 is 23.2 Å². The fraction of sp³-hybridized carbons (Fsp3) is 0.176. The van der Waals surface area contributed by atoms with Crippen LogP contribution in [0.4, 0.5) is 0 Å². The van der Waals surface area contributed by atoms with Crippen molar-refractivity contribution in [3.63, 3.8) is 0 Å². The van der Waals surface area contributed by atoms with E-state index in [0.717, 1.165) is 5.06 Å². The van der Waals surface area contributed by atoms with Crippen molar-refractivity contribution in [3.05, 3.63) is 69.7 Å². The van der Waals surface area contributed by atoms with Gasteiger partial charge in [0.15, 0.2) is 6.17 Å². The summed E-state index contributed by atoms with van der Waals surface area (Å²) in [6, 6.07) is 13.7. The van der Waals surface area contributed by atoms with Crippen LogP contribution in [0.5, 0.6) is 0 Å². The lowest BCUT2D eigenvalue weighted by molar-refractivity contribution is -0.182. The molecular weight excluding hydrogens is 351 g/mol. The molecular formula is C17H14Cl2N2O3. The Morgan fingerprint density at radius 1 is 1.17 bits per heavy atom. The van der Waals surface area contributed by atoms with E-state index in [1.807, 2.05) is 6.07 Å². The second kappa shape index (κ2) is 6.81. The molecule has 0 radical (unpaired) electrons. The lowest BCUT2D eigenvalue weighted by Gasteiger charge is -2.29. The van der Waals surface area contributed by atoms with E-state index in [1.165, 1.54) is 12.0 Å². The molecule has 0 saturated carbocycles. The van der Waals surface area contributed by atoms with Crippen molar-refractivity contribution in [2.24, 2.45) is 0 Å². The molecule has 2 amide bonds. The van der Waals surface area contributed by atoms with Crippen molar-refractivity contribution in [1.29, 1.82) is 0 Å². The third-order valence-corrected chi connectivity index (χ3v) is 4.35. The first-order valence-electron chi connectivity index (χ1n) is 7.20.